The van der Waals surface area contributed by atoms with Crippen LogP contribution in [0.15, 0.2) is 18.3 Å². The van der Waals surface area contributed by atoms with Crippen LogP contribution < -0.4 is 0 Å². The predicted molar refractivity (Wildman–Crippen MR) is 65.9 cm³/mol. The van der Waals surface area contributed by atoms with Crippen molar-refractivity contribution < 1.29 is 14.6 Å². The van der Waals surface area contributed by atoms with E-state index in [-0.39, 0.29) is 11.8 Å². The Bertz CT molecular complexity index is 619. The van der Waals surface area contributed by atoms with Crippen LogP contribution in [-0.2, 0) is 9.47 Å². The van der Waals surface area contributed by atoms with Gasteiger partial charge in [-0.1, -0.05) is 0 Å². The molecule has 1 saturated heterocycles. The van der Waals surface area contributed by atoms with Gasteiger partial charge in [0.15, 0.2) is 11.4 Å². The summed E-state index contributed by atoms with van der Waals surface area (Å²) in [5, 5.41) is 14.0. The van der Waals surface area contributed by atoms with Gasteiger partial charge in [0, 0.05) is 30.9 Å². The lowest BCUT2D eigenvalue weighted by Gasteiger charge is -2.21. The Kier molecular flexibility index (Phi) is 2.31. The number of aromatic nitrogens is 3. The summed E-state index contributed by atoms with van der Waals surface area (Å²) < 4.78 is 12.9. The lowest BCUT2D eigenvalue weighted by molar-refractivity contribution is -0.151. The van der Waals surface area contributed by atoms with Crippen LogP contribution in [0.3, 0.4) is 0 Å². The van der Waals surface area contributed by atoms with Gasteiger partial charge in [-0.3, -0.25) is 0 Å². The molecule has 1 aliphatic carbocycles. The van der Waals surface area contributed by atoms with Crippen LogP contribution in [0.4, 0.5) is 0 Å². The van der Waals surface area contributed by atoms with E-state index in [1.54, 1.807) is 18.3 Å². The molecule has 6 heteroatoms. The Morgan fingerprint density at radius 3 is 3.05 bits per heavy atom. The second-order valence-electron chi connectivity index (χ2n) is 5.19. The minimum Gasteiger partial charge on any atom is -0.493 e. The van der Waals surface area contributed by atoms with Crippen LogP contribution in [0.1, 0.15) is 30.9 Å². The van der Waals surface area contributed by atoms with Crippen molar-refractivity contribution in [1.82, 2.24) is 14.6 Å². The molecule has 4 rings (SSSR count). The second kappa shape index (κ2) is 3.91. The third-order valence-electron chi connectivity index (χ3n) is 4.02. The summed E-state index contributed by atoms with van der Waals surface area (Å²) in [5.74, 6) is -0.0166. The largest absolute Gasteiger partial charge is 0.493 e. The summed E-state index contributed by atoms with van der Waals surface area (Å²) in [4.78, 5) is 4.56. The molecule has 2 fully saturated rings. The number of rotatable bonds is 1. The van der Waals surface area contributed by atoms with E-state index >= 15 is 0 Å². The highest BCUT2D eigenvalue weighted by Crippen LogP contribution is 2.45. The lowest BCUT2D eigenvalue weighted by Crippen LogP contribution is -2.25. The predicted octanol–water partition coefficient (Wildman–Crippen LogP) is 1.45. The summed E-state index contributed by atoms with van der Waals surface area (Å²) in [7, 11) is 0. The molecule has 1 saturated carbocycles. The molecule has 3 heterocycles. The maximum Gasteiger partial charge on any atom is 0.215 e. The molecule has 19 heavy (non-hydrogen) atoms. The Morgan fingerprint density at radius 2 is 2.21 bits per heavy atom. The van der Waals surface area contributed by atoms with Crippen LogP contribution >= 0.6 is 0 Å². The first-order valence-corrected chi connectivity index (χ1v) is 6.57. The van der Waals surface area contributed by atoms with Crippen LogP contribution in [0.2, 0.25) is 0 Å². The van der Waals surface area contributed by atoms with Crippen molar-refractivity contribution in [3.63, 3.8) is 0 Å². The van der Waals surface area contributed by atoms with E-state index in [2.05, 4.69) is 10.1 Å². The molecule has 2 aromatic rings. The zero-order chi connectivity index (χ0) is 12.9. The standard InChI is InChI=1S/C13H15N3O3/c17-12-7-10(15-11-2-4-14-16(11)12)9-1-3-13(8-9)18-5-6-19-13/h2,4,7,9,17H,1,3,5-6,8H2. The molecule has 1 atom stereocenters. The number of ether oxygens (including phenoxy) is 2. The number of hydrogen-bond donors (Lipinski definition) is 1. The molecule has 1 unspecified atom stereocenters. The van der Waals surface area contributed by atoms with Gasteiger partial charge in [-0.05, 0) is 6.42 Å². The Balaban J connectivity index is 1.67. The van der Waals surface area contributed by atoms with Crippen LogP contribution in [0, 0.1) is 0 Å². The van der Waals surface area contributed by atoms with Gasteiger partial charge in [0.05, 0.1) is 25.1 Å². The third-order valence-corrected chi connectivity index (χ3v) is 4.02. The molecule has 2 aromatic heterocycles. The lowest BCUT2D eigenvalue weighted by atomic mass is 10.0. The Hall–Kier alpha value is -1.66. The normalized spacial score (nSPS) is 25.6. The molecule has 6 nitrogen and oxygen atoms in total. The fourth-order valence-electron chi connectivity index (χ4n) is 3.11. The van der Waals surface area contributed by atoms with Crippen LogP contribution in [-0.4, -0.2) is 38.7 Å². The molecule has 0 bridgehead atoms. The van der Waals surface area contributed by atoms with Gasteiger partial charge in [-0.15, -0.1) is 0 Å². The molecule has 1 N–H and O–H groups in total. The molecule has 0 radical (unpaired) electrons. The van der Waals surface area contributed by atoms with E-state index in [1.165, 1.54) is 4.52 Å². The Labute approximate surface area is 110 Å². The van der Waals surface area contributed by atoms with Gasteiger partial charge in [0.25, 0.3) is 0 Å². The maximum atomic E-state index is 9.96. The van der Waals surface area contributed by atoms with Gasteiger partial charge in [0.2, 0.25) is 5.88 Å². The zero-order valence-electron chi connectivity index (χ0n) is 10.5. The minimum atomic E-state index is -0.408. The molecular formula is C13H15N3O3. The first-order valence-electron chi connectivity index (χ1n) is 6.57. The monoisotopic (exact) mass is 261 g/mol. The molecule has 100 valence electrons. The summed E-state index contributed by atoms with van der Waals surface area (Å²) in [6.45, 7) is 1.35. The summed E-state index contributed by atoms with van der Waals surface area (Å²) in [5.41, 5.74) is 1.56. The van der Waals surface area contributed by atoms with Gasteiger partial charge in [-0.2, -0.15) is 9.61 Å². The first kappa shape index (κ1) is 11.2. The number of hydrogen-bond acceptors (Lipinski definition) is 5. The smallest absolute Gasteiger partial charge is 0.215 e. The third kappa shape index (κ3) is 1.71. The van der Waals surface area contributed by atoms with Crippen molar-refractivity contribution in [3.05, 3.63) is 24.0 Å². The van der Waals surface area contributed by atoms with Crippen molar-refractivity contribution in [2.24, 2.45) is 0 Å². The summed E-state index contributed by atoms with van der Waals surface area (Å²) in [6.07, 6.45) is 4.30. The van der Waals surface area contributed by atoms with Crippen molar-refractivity contribution >= 4 is 5.65 Å². The molecule has 2 aliphatic rings. The first-order chi connectivity index (χ1) is 9.26. The van der Waals surface area contributed by atoms with Crippen molar-refractivity contribution in [2.45, 2.75) is 31.0 Å². The quantitative estimate of drug-likeness (QED) is 0.841. The molecule has 1 aliphatic heterocycles. The molecule has 0 amide bonds. The maximum absolute atomic E-state index is 9.96. The van der Waals surface area contributed by atoms with Gasteiger partial charge < -0.3 is 14.6 Å². The van der Waals surface area contributed by atoms with Crippen LogP contribution in [0.5, 0.6) is 5.88 Å². The molecular weight excluding hydrogens is 246 g/mol. The van der Waals surface area contributed by atoms with E-state index < -0.39 is 5.79 Å². The van der Waals surface area contributed by atoms with E-state index in [0.717, 1.165) is 25.0 Å². The number of fused-ring (bicyclic) bond motifs is 1. The average Bonchev–Trinajstić information content (AvgIpc) is 3.12. The van der Waals surface area contributed by atoms with Crippen LogP contribution in [0.25, 0.3) is 5.65 Å². The SMILES string of the molecule is Oc1cc(C2CCC3(C2)OCCO3)nc2ccnn12. The highest BCUT2D eigenvalue weighted by atomic mass is 16.7. The average molecular weight is 261 g/mol. The van der Waals surface area contributed by atoms with Gasteiger partial charge in [-0.25, -0.2) is 4.98 Å². The van der Waals surface area contributed by atoms with Gasteiger partial charge >= 0.3 is 0 Å². The minimum absolute atomic E-state index is 0.124. The van der Waals surface area contributed by atoms with Gasteiger partial charge in [0.1, 0.15) is 0 Å². The van der Waals surface area contributed by atoms with Crippen molar-refractivity contribution in [2.75, 3.05) is 13.2 Å². The van der Waals surface area contributed by atoms with Crippen molar-refractivity contribution in [1.29, 1.82) is 0 Å². The zero-order valence-corrected chi connectivity index (χ0v) is 10.5. The van der Waals surface area contributed by atoms with E-state index in [4.69, 9.17) is 9.47 Å². The van der Waals surface area contributed by atoms with E-state index in [0.29, 0.717) is 18.9 Å². The van der Waals surface area contributed by atoms with E-state index in [1.807, 2.05) is 0 Å². The molecule has 0 aromatic carbocycles. The summed E-state index contributed by atoms with van der Waals surface area (Å²) >= 11 is 0. The van der Waals surface area contributed by atoms with E-state index in [9.17, 15) is 5.11 Å². The number of nitrogens with zero attached hydrogens (tertiary/aromatic N) is 3. The Morgan fingerprint density at radius 1 is 1.37 bits per heavy atom. The highest BCUT2D eigenvalue weighted by molar-refractivity contribution is 5.41. The highest BCUT2D eigenvalue weighted by Gasteiger charge is 2.45. The number of aromatic hydroxyl groups is 1. The fourth-order valence-corrected chi connectivity index (χ4v) is 3.11. The topological polar surface area (TPSA) is 68.9 Å². The molecule has 1 spiro atoms. The summed E-state index contributed by atoms with van der Waals surface area (Å²) in [6, 6.07) is 3.48. The van der Waals surface area contributed by atoms with Crippen molar-refractivity contribution in [3.8, 4) is 5.88 Å². The fraction of sp³-hybridized carbons (Fsp3) is 0.538. The second-order valence-corrected chi connectivity index (χ2v) is 5.19.